The van der Waals surface area contributed by atoms with Gasteiger partial charge in [0.25, 0.3) is 5.91 Å². The number of amides is 2. The minimum absolute atomic E-state index is 0.0456. The van der Waals surface area contributed by atoms with E-state index in [1.165, 1.54) is 12.5 Å². The standard InChI is InChI=1S/C14H23N3O3/c1-3-4-5-12(8-15)17-13(18)10(2)16-14(19)11-6-7-20-9-11/h6-7,9-10,12H,3-5,8,15H2,1-2H3,(H,16,19)(H,17,18). The van der Waals surface area contributed by atoms with E-state index in [-0.39, 0.29) is 17.9 Å². The highest BCUT2D eigenvalue weighted by Crippen LogP contribution is 2.02. The topological polar surface area (TPSA) is 97.4 Å². The molecule has 2 unspecified atom stereocenters. The van der Waals surface area contributed by atoms with Crippen LogP contribution in [0.3, 0.4) is 0 Å². The number of rotatable bonds is 8. The van der Waals surface area contributed by atoms with Crippen LogP contribution in [0.5, 0.6) is 0 Å². The minimum Gasteiger partial charge on any atom is -0.472 e. The second-order valence-corrected chi connectivity index (χ2v) is 4.79. The first-order chi connectivity index (χ1) is 9.58. The summed E-state index contributed by atoms with van der Waals surface area (Å²) in [4.78, 5) is 23.7. The van der Waals surface area contributed by atoms with Gasteiger partial charge in [-0.1, -0.05) is 19.8 Å². The summed E-state index contributed by atoms with van der Waals surface area (Å²) in [6, 6.07) is 0.882. The zero-order chi connectivity index (χ0) is 15.0. The van der Waals surface area contributed by atoms with E-state index in [2.05, 4.69) is 17.6 Å². The van der Waals surface area contributed by atoms with Gasteiger partial charge >= 0.3 is 0 Å². The molecule has 2 amide bonds. The molecule has 0 fully saturated rings. The molecule has 2 atom stereocenters. The fraction of sp³-hybridized carbons (Fsp3) is 0.571. The van der Waals surface area contributed by atoms with Gasteiger partial charge in [0.15, 0.2) is 0 Å². The molecule has 20 heavy (non-hydrogen) atoms. The van der Waals surface area contributed by atoms with Gasteiger partial charge in [-0.25, -0.2) is 0 Å². The lowest BCUT2D eigenvalue weighted by Gasteiger charge is -2.20. The van der Waals surface area contributed by atoms with E-state index in [4.69, 9.17) is 10.2 Å². The zero-order valence-corrected chi connectivity index (χ0v) is 12.0. The normalized spacial score (nSPS) is 13.6. The number of nitrogens with one attached hydrogen (secondary N) is 2. The Morgan fingerprint density at radius 2 is 2.15 bits per heavy atom. The first kappa shape index (κ1) is 16.2. The fourth-order valence-corrected chi connectivity index (χ4v) is 1.76. The number of carbonyl (C=O) groups excluding carboxylic acids is 2. The van der Waals surface area contributed by atoms with Crippen molar-refractivity contribution in [3.05, 3.63) is 24.2 Å². The highest BCUT2D eigenvalue weighted by molar-refractivity contribution is 5.97. The molecule has 1 heterocycles. The third-order valence-electron chi connectivity index (χ3n) is 3.06. The van der Waals surface area contributed by atoms with Gasteiger partial charge in [-0.15, -0.1) is 0 Å². The summed E-state index contributed by atoms with van der Waals surface area (Å²) in [7, 11) is 0. The minimum atomic E-state index is -0.618. The summed E-state index contributed by atoms with van der Waals surface area (Å²) in [6.45, 7) is 4.12. The molecule has 0 aliphatic rings. The van der Waals surface area contributed by atoms with Crippen molar-refractivity contribution in [2.45, 2.75) is 45.2 Å². The van der Waals surface area contributed by atoms with Crippen LogP contribution in [-0.2, 0) is 4.79 Å². The van der Waals surface area contributed by atoms with Gasteiger partial charge in [0.1, 0.15) is 12.3 Å². The zero-order valence-electron chi connectivity index (χ0n) is 12.0. The average molecular weight is 281 g/mol. The lowest BCUT2D eigenvalue weighted by atomic mass is 10.1. The van der Waals surface area contributed by atoms with Gasteiger partial charge in [-0.05, 0) is 19.4 Å². The SMILES string of the molecule is CCCCC(CN)NC(=O)C(C)NC(=O)c1ccoc1. The Bertz CT molecular complexity index is 417. The van der Waals surface area contributed by atoms with Crippen molar-refractivity contribution in [1.29, 1.82) is 0 Å². The molecule has 0 aromatic carbocycles. The third kappa shape index (κ3) is 5.05. The van der Waals surface area contributed by atoms with Crippen LogP contribution in [0, 0.1) is 0 Å². The first-order valence-corrected chi connectivity index (χ1v) is 6.92. The van der Waals surface area contributed by atoms with E-state index in [0.717, 1.165) is 19.3 Å². The molecule has 4 N–H and O–H groups in total. The molecule has 0 aliphatic heterocycles. The summed E-state index contributed by atoms with van der Waals surface area (Å²) >= 11 is 0. The van der Waals surface area contributed by atoms with E-state index in [1.54, 1.807) is 13.0 Å². The number of hydrogen-bond acceptors (Lipinski definition) is 4. The molecule has 112 valence electrons. The van der Waals surface area contributed by atoms with E-state index in [1.807, 2.05) is 0 Å². The number of unbranched alkanes of at least 4 members (excludes halogenated alkanes) is 1. The number of carbonyl (C=O) groups is 2. The van der Waals surface area contributed by atoms with Crippen LogP contribution < -0.4 is 16.4 Å². The van der Waals surface area contributed by atoms with Crippen LogP contribution in [0.15, 0.2) is 23.0 Å². The van der Waals surface area contributed by atoms with Gasteiger partial charge in [0.05, 0.1) is 11.8 Å². The fourth-order valence-electron chi connectivity index (χ4n) is 1.76. The molecule has 1 aromatic heterocycles. The monoisotopic (exact) mass is 281 g/mol. The molecule has 0 saturated heterocycles. The second kappa shape index (κ2) is 8.37. The van der Waals surface area contributed by atoms with E-state index in [9.17, 15) is 9.59 Å². The molecule has 0 spiro atoms. The number of furan rings is 1. The second-order valence-electron chi connectivity index (χ2n) is 4.79. The Labute approximate surface area is 119 Å². The maximum absolute atomic E-state index is 12.0. The van der Waals surface area contributed by atoms with Crippen LogP contribution in [0.25, 0.3) is 0 Å². The largest absolute Gasteiger partial charge is 0.472 e. The quantitative estimate of drug-likeness (QED) is 0.663. The first-order valence-electron chi connectivity index (χ1n) is 6.92. The van der Waals surface area contributed by atoms with Gasteiger partial charge in [-0.3, -0.25) is 9.59 Å². The maximum Gasteiger partial charge on any atom is 0.255 e. The predicted octanol–water partition coefficient (Wildman–Crippen LogP) is 1.03. The molecule has 0 radical (unpaired) electrons. The Morgan fingerprint density at radius 1 is 1.40 bits per heavy atom. The van der Waals surface area contributed by atoms with Crippen LogP contribution in [0.1, 0.15) is 43.5 Å². The Kier molecular flexibility index (Phi) is 6.79. The molecule has 6 nitrogen and oxygen atoms in total. The van der Waals surface area contributed by atoms with E-state index in [0.29, 0.717) is 12.1 Å². The number of nitrogens with two attached hydrogens (primary N) is 1. The smallest absolute Gasteiger partial charge is 0.255 e. The van der Waals surface area contributed by atoms with Gasteiger partial charge in [0, 0.05) is 12.6 Å². The molecular weight excluding hydrogens is 258 g/mol. The highest BCUT2D eigenvalue weighted by atomic mass is 16.3. The lowest BCUT2D eigenvalue weighted by Crippen LogP contribution is -2.49. The molecule has 0 aliphatic carbocycles. The summed E-state index contributed by atoms with van der Waals surface area (Å²) in [6.07, 6.45) is 5.66. The predicted molar refractivity (Wildman–Crippen MR) is 76.1 cm³/mol. The van der Waals surface area contributed by atoms with Crippen molar-refractivity contribution in [3.8, 4) is 0 Å². The summed E-state index contributed by atoms with van der Waals surface area (Å²) in [5.41, 5.74) is 6.02. The molecule has 6 heteroatoms. The van der Waals surface area contributed by atoms with Gasteiger partial charge in [0.2, 0.25) is 5.91 Å². The van der Waals surface area contributed by atoms with E-state index >= 15 is 0 Å². The Balaban J connectivity index is 2.43. The molecule has 0 bridgehead atoms. The summed E-state index contributed by atoms with van der Waals surface area (Å²) in [5.74, 6) is -0.562. The van der Waals surface area contributed by atoms with Gasteiger partial charge < -0.3 is 20.8 Å². The Morgan fingerprint density at radius 3 is 2.70 bits per heavy atom. The number of hydrogen-bond donors (Lipinski definition) is 3. The van der Waals surface area contributed by atoms with Crippen molar-refractivity contribution in [2.75, 3.05) is 6.54 Å². The van der Waals surface area contributed by atoms with Gasteiger partial charge in [-0.2, -0.15) is 0 Å². The van der Waals surface area contributed by atoms with Crippen molar-refractivity contribution >= 4 is 11.8 Å². The van der Waals surface area contributed by atoms with Crippen LogP contribution >= 0.6 is 0 Å². The molecule has 1 aromatic rings. The summed E-state index contributed by atoms with van der Waals surface area (Å²) in [5, 5.41) is 5.47. The highest BCUT2D eigenvalue weighted by Gasteiger charge is 2.19. The summed E-state index contributed by atoms with van der Waals surface area (Å²) < 4.78 is 4.83. The third-order valence-corrected chi connectivity index (χ3v) is 3.06. The maximum atomic E-state index is 12.0. The molecule has 1 rings (SSSR count). The van der Waals surface area contributed by atoms with Crippen molar-refractivity contribution in [2.24, 2.45) is 5.73 Å². The molecule has 0 saturated carbocycles. The average Bonchev–Trinajstić information content (AvgIpc) is 2.97. The molecular formula is C14H23N3O3. The van der Waals surface area contributed by atoms with Crippen molar-refractivity contribution in [3.63, 3.8) is 0 Å². The van der Waals surface area contributed by atoms with Crippen LogP contribution in [-0.4, -0.2) is 30.4 Å². The lowest BCUT2D eigenvalue weighted by molar-refractivity contribution is -0.123. The van der Waals surface area contributed by atoms with Crippen molar-refractivity contribution in [1.82, 2.24) is 10.6 Å². The van der Waals surface area contributed by atoms with Crippen LogP contribution in [0.2, 0.25) is 0 Å². The Hall–Kier alpha value is -1.82. The van der Waals surface area contributed by atoms with Crippen molar-refractivity contribution < 1.29 is 14.0 Å². The van der Waals surface area contributed by atoms with Crippen LogP contribution in [0.4, 0.5) is 0 Å². The van der Waals surface area contributed by atoms with E-state index < -0.39 is 6.04 Å².